The summed E-state index contributed by atoms with van der Waals surface area (Å²) in [6.45, 7) is 2.46. The Balaban J connectivity index is 1.35. The molecule has 0 aliphatic rings. The molecule has 0 unspecified atom stereocenters. The normalized spacial score (nSPS) is 11.4. The van der Waals surface area contributed by atoms with Crippen LogP contribution in [0.1, 0.15) is 40.9 Å². The first-order chi connectivity index (χ1) is 22.8. The maximum Gasteiger partial charge on any atom is 0.315 e. The van der Waals surface area contributed by atoms with E-state index in [0.29, 0.717) is 39.8 Å². The lowest BCUT2D eigenvalue weighted by molar-refractivity contribution is 0.0986. The van der Waals surface area contributed by atoms with Gasteiger partial charge in [0.2, 0.25) is 0 Å². The van der Waals surface area contributed by atoms with Crippen LogP contribution in [0.5, 0.6) is 11.5 Å². The number of nitrogens with one attached hydrogen (secondary N) is 2. The molecule has 5 aromatic rings. The van der Waals surface area contributed by atoms with Crippen molar-refractivity contribution in [2.24, 2.45) is 5.73 Å². The molecule has 0 aromatic heterocycles. The molecular weight excluding hydrogens is 615 g/mol. The van der Waals surface area contributed by atoms with Gasteiger partial charge in [-0.3, -0.25) is 4.79 Å². The van der Waals surface area contributed by atoms with E-state index in [4.69, 9.17) is 22.1 Å². The third-order valence-corrected chi connectivity index (χ3v) is 7.78. The number of benzene rings is 5. The molecule has 3 amide bonds. The zero-order valence-electron chi connectivity index (χ0n) is 26.0. The second-order valence-electron chi connectivity index (χ2n) is 11.0. The lowest BCUT2D eigenvalue weighted by atomic mass is 10.0. The van der Waals surface area contributed by atoms with Crippen LogP contribution >= 0.6 is 11.6 Å². The van der Waals surface area contributed by atoms with Crippen molar-refractivity contribution >= 4 is 29.2 Å². The number of hydrogen-bond acceptors (Lipinski definition) is 4. The maximum atomic E-state index is 14.1. The van der Waals surface area contributed by atoms with Crippen LogP contribution in [0.2, 0.25) is 5.02 Å². The SMILES string of the molecule is C[C@H](N)c1cccc(Oc2cc(Cl)ccc2N(CCCNC(=O)NCc2ccccc2F)C(=O)c2ccc(-c3ccccc3)cc2)c1. The highest BCUT2D eigenvalue weighted by Crippen LogP contribution is 2.36. The summed E-state index contributed by atoms with van der Waals surface area (Å²) in [4.78, 5) is 28.2. The number of carbonyl (C=O) groups is 2. The molecular formula is C38H36ClFN4O3. The van der Waals surface area contributed by atoms with Crippen LogP contribution in [0, 0.1) is 5.82 Å². The predicted octanol–water partition coefficient (Wildman–Crippen LogP) is 8.49. The number of rotatable bonds is 12. The zero-order valence-corrected chi connectivity index (χ0v) is 26.7. The van der Waals surface area contributed by atoms with Gasteiger partial charge in [-0.1, -0.05) is 84.4 Å². The molecule has 0 bridgehead atoms. The number of anilines is 1. The van der Waals surface area contributed by atoms with Crippen molar-refractivity contribution in [1.29, 1.82) is 0 Å². The largest absolute Gasteiger partial charge is 0.455 e. The average molecular weight is 651 g/mol. The highest BCUT2D eigenvalue weighted by Gasteiger charge is 2.22. The van der Waals surface area contributed by atoms with Gasteiger partial charge in [-0.2, -0.15) is 0 Å². The summed E-state index contributed by atoms with van der Waals surface area (Å²) >= 11 is 6.41. The highest BCUT2D eigenvalue weighted by molar-refractivity contribution is 6.30. The van der Waals surface area contributed by atoms with Crippen molar-refractivity contribution in [2.45, 2.75) is 25.9 Å². The molecule has 240 valence electrons. The Morgan fingerprint density at radius 3 is 2.32 bits per heavy atom. The standard InChI is InChI=1S/C38H36ClFN4O3/c1-26(41)30-12-7-13-33(23-30)47-36-24-32(39)19-20-35(36)44(22-8-21-42-38(46)43-25-31-11-5-6-14-34(31)40)37(45)29-17-15-28(16-18-29)27-9-3-2-4-10-27/h2-7,9-20,23-24,26H,8,21-22,25,41H2,1H3,(H2,42,43,46)/t26-/m0/s1. The Kier molecular flexibility index (Phi) is 11.2. The molecule has 0 aliphatic heterocycles. The van der Waals surface area contributed by atoms with Gasteiger partial charge in [0.15, 0.2) is 5.75 Å². The summed E-state index contributed by atoms with van der Waals surface area (Å²) in [5, 5.41) is 5.90. The Morgan fingerprint density at radius 1 is 0.851 bits per heavy atom. The van der Waals surface area contributed by atoms with Gasteiger partial charge >= 0.3 is 6.03 Å². The summed E-state index contributed by atoms with van der Waals surface area (Å²) in [5.74, 6) is 0.314. The van der Waals surface area contributed by atoms with E-state index in [0.717, 1.165) is 16.7 Å². The van der Waals surface area contributed by atoms with Crippen molar-refractivity contribution < 1.29 is 18.7 Å². The number of nitrogens with two attached hydrogens (primary N) is 1. The molecule has 1 atom stereocenters. The first-order valence-corrected chi connectivity index (χ1v) is 15.7. The number of urea groups is 1. The summed E-state index contributed by atoms with van der Waals surface area (Å²) in [5.41, 5.74) is 10.4. The predicted molar refractivity (Wildman–Crippen MR) is 185 cm³/mol. The van der Waals surface area contributed by atoms with E-state index in [2.05, 4.69) is 10.6 Å². The molecule has 0 radical (unpaired) electrons. The van der Waals surface area contributed by atoms with Gasteiger partial charge in [0, 0.05) is 47.9 Å². The third-order valence-electron chi connectivity index (χ3n) is 7.55. The number of ether oxygens (including phenoxy) is 1. The van der Waals surface area contributed by atoms with E-state index in [9.17, 15) is 14.0 Å². The van der Waals surface area contributed by atoms with Crippen LogP contribution in [0.3, 0.4) is 0 Å². The number of nitrogens with zero attached hydrogens (tertiary/aromatic N) is 1. The molecule has 0 aliphatic carbocycles. The van der Waals surface area contributed by atoms with E-state index >= 15 is 0 Å². The minimum Gasteiger partial charge on any atom is -0.455 e. The third kappa shape index (κ3) is 8.97. The Bertz CT molecular complexity index is 1820. The minimum atomic E-state index is -0.438. The molecule has 7 nitrogen and oxygen atoms in total. The highest BCUT2D eigenvalue weighted by atomic mass is 35.5. The van der Waals surface area contributed by atoms with Crippen molar-refractivity contribution in [3.63, 3.8) is 0 Å². The van der Waals surface area contributed by atoms with Crippen molar-refractivity contribution in [3.8, 4) is 22.6 Å². The topological polar surface area (TPSA) is 96.7 Å². The second kappa shape index (κ2) is 15.9. The molecule has 9 heteroatoms. The average Bonchev–Trinajstić information content (AvgIpc) is 3.09. The molecule has 0 spiro atoms. The van der Waals surface area contributed by atoms with Crippen LogP contribution < -0.4 is 26.0 Å². The zero-order chi connectivity index (χ0) is 33.2. The van der Waals surface area contributed by atoms with Crippen LogP contribution in [-0.2, 0) is 6.54 Å². The van der Waals surface area contributed by atoms with Crippen LogP contribution in [0.4, 0.5) is 14.9 Å². The maximum absolute atomic E-state index is 14.1. The molecule has 0 fully saturated rings. The van der Waals surface area contributed by atoms with Gasteiger partial charge in [-0.05, 0) is 72.5 Å². The van der Waals surface area contributed by atoms with Gasteiger partial charge in [0.25, 0.3) is 5.91 Å². The summed E-state index contributed by atoms with van der Waals surface area (Å²) < 4.78 is 20.2. The fraction of sp³-hybridized carbons (Fsp3) is 0.158. The van der Waals surface area contributed by atoms with Gasteiger partial charge in [-0.15, -0.1) is 0 Å². The van der Waals surface area contributed by atoms with Gasteiger partial charge in [0.05, 0.1) is 5.69 Å². The number of halogens is 2. The summed E-state index contributed by atoms with van der Waals surface area (Å²) in [7, 11) is 0. The molecule has 5 rings (SSSR count). The van der Waals surface area contributed by atoms with Crippen LogP contribution in [0.15, 0.2) is 121 Å². The fourth-order valence-electron chi connectivity index (χ4n) is 5.02. The fourth-order valence-corrected chi connectivity index (χ4v) is 5.18. The lowest BCUT2D eigenvalue weighted by Gasteiger charge is -2.26. The Labute approximate surface area is 279 Å². The van der Waals surface area contributed by atoms with Crippen molar-refractivity contribution in [3.05, 3.63) is 149 Å². The summed E-state index contributed by atoms with van der Waals surface area (Å²) in [6.07, 6.45) is 0.420. The molecule has 4 N–H and O–H groups in total. The lowest BCUT2D eigenvalue weighted by Crippen LogP contribution is -2.38. The molecule has 0 saturated heterocycles. The van der Waals surface area contributed by atoms with Gasteiger partial charge < -0.3 is 26.0 Å². The molecule has 47 heavy (non-hydrogen) atoms. The first kappa shape index (κ1) is 33.2. The van der Waals surface area contributed by atoms with Crippen molar-refractivity contribution in [2.75, 3.05) is 18.0 Å². The van der Waals surface area contributed by atoms with E-state index < -0.39 is 6.03 Å². The number of hydrogen-bond donors (Lipinski definition) is 3. The molecule has 5 aromatic carbocycles. The molecule has 0 heterocycles. The number of carbonyl (C=O) groups excluding carboxylic acids is 2. The smallest absolute Gasteiger partial charge is 0.315 e. The first-order valence-electron chi connectivity index (χ1n) is 15.3. The van der Waals surface area contributed by atoms with E-state index in [1.165, 1.54) is 6.07 Å². The quantitative estimate of drug-likeness (QED) is 0.118. The van der Waals surface area contributed by atoms with Crippen molar-refractivity contribution in [1.82, 2.24) is 10.6 Å². The Morgan fingerprint density at radius 2 is 1.57 bits per heavy atom. The van der Waals surface area contributed by atoms with Crippen LogP contribution in [0.25, 0.3) is 11.1 Å². The number of amides is 3. The minimum absolute atomic E-state index is 0.0533. The monoisotopic (exact) mass is 650 g/mol. The molecule has 0 saturated carbocycles. The summed E-state index contributed by atoms with van der Waals surface area (Å²) in [6, 6.07) is 35.6. The van der Waals surface area contributed by atoms with E-state index in [1.807, 2.05) is 73.7 Å². The van der Waals surface area contributed by atoms with Gasteiger partial charge in [0.1, 0.15) is 11.6 Å². The van der Waals surface area contributed by atoms with E-state index in [1.54, 1.807) is 53.4 Å². The second-order valence-corrected chi connectivity index (χ2v) is 11.5. The van der Waals surface area contributed by atoms with E-state index in [-0.39, 0.29) is 37.4 Å². The Hall–Kier alpha value is -5.18. The van der Waals surface area contributed by atoms with Gasteiger partial charge in [-0.25, -0.2) is 9.18 Å². The van der Waals surface area contributed by atoms with Crippen LogP contribution in [-0.4, -0.2) is 25.0 Å².